The molecule has 1 N–H and O–H groups in total. The Morgan fingerprint density at radius 2 is 1.90 bits per heavy atom. The predicted octanol–water partition coefficient (Wildman–Crippen LogP) is 4.88. The number of anilines is 1. The first kappa shape index (κ1) is 22.0. The number of sulfonamides is 1. The van der Waals surface area contributed by atoms with E-state index in [-0.39, 0.29) is 32.6 Å². The molecule has 0 atom stereocenters. The normalized spacial score (nSPS) is 11.2. The number of aromatic nitrogens is 1. The first-order valence-corrected chi connectivity index (χ1v) is 10.7. The SMILES string of the molecule is COc1cccc(F)c1C(=O)c1ncc(Cl)cc1NS(=O)(=O)c1ccc(Cl)c(C)c1. The van der Waals surface area contributed by atoms with E-state index < -0.39 is 21.6 Å². The lowest BCUT2D eigenvalue weighted by Crippen LogP contribution is -2.18. The number of halogens is 3. The Morgan fingerprint density at radius 1 is 1.17 bits per heavy atom. The molecule has 3 aromatic rings. The van der Waals surface area contributed by atoms with Crippen molar-refractivity contribution in [1.82, 2.24) is 4.98 Å². The molecule has 0 saturated carbocycles. The number of pyridine rings is 1. The number of carbonyl (C=O) groups excluding carboxylic acids is 1. The summed E-state index contributed by atoms with van der Waals surface area (Å²) in [5.74, 6) is -1.72. The van der Waals surface area contributed by atoms with Gasteiger partial charge < -0.3 is 4.74 Å². The topological polar surface area (TPSA) is 85.4 Å². The molecule has 156 valence electrons. The second kappa shape index (κ2) is 8.59. The minimum Gasteiger partial charge on any atom is -0.496 e. The second-order valence-corrected chi connectivity index (χ2v) is 8.74. The Hall–Kier alpha value is -2.68. The summed E-state index contributed by atoms with van der Waals surface area (Å²) in [6, 6.07) is 9.24. The van der Waals surface area contributed by atoms with E-state index in [4.69, 9.17) is 27.9 Å². The van der Waals surface area contributed by atoms with Crippen molar-refractivity contribution < 1.29 is 22.3 Å². The maximum atomic E-state index is 14.4. The molecule has 10 heteroatoms. The van der Waals surface area contributed by atoms with Crippen LogP contribution in [0.25, 0.3) is 0 Å². The molecule has 1 heterocycles. The third-order valence-electron chi connectivity index (χ3n) is 4.18. The quantitative estimate of drug-likeness (QED) is 0.521. The van der Waals surface area contributed by atoms with Gasteiger partial charge in [0.1, 0.15) is 22.8 Å². The molecule has 30 heavy (non-hydrogen) atoms. The van der Waals surface area contributed by atoms with E-state index >= 15 is 0 Å². The third-order valence-corrected chi connectivity index (χ3v) is 6.17. The van der Waals surface area contributed by atoms with Crippen molar-refractivity contribution in [2.45, 2.75) is 11.8 Å². The van der Waals surface area contributed by atoms with Crippen LogP contribution in [-0.2, 0) is 10.0 Å². The van der Waals surface area contributed by atoms with Crippen LogP contribution in [0.5, 0.6) is 5.75 Å². The van der Waals surface area contributed by atoms with Crippen LogP contribution in [0.2, 0.25) is 10.0 Å². The van der Waals surface area contributed by atoms with Gasteiger partial charge in [0.15, 0.2) is 0 Å². The fourth-order valence-corrected chi connectivity index (χ4v) is 4.12. The number of nitrogens with one attached hydrogen (secondary N) is 1. The standard InChI is InChI=1S/C20H15Cl2FN2O4S/c1-11-8-13(6-7-14(11)22)30(27,28)25-16-9-12(21)10-24-19(16)20(26)18-15(23)4-3-5-17(18)29-2/h3-10,25H,1-2H3. The first-order chi connectivity index (χ1) is 14.1. The summed E-state index contributed by atoms with van der Waals surface area (Å²) >= 11 is 11.9. The molecule has 3 rings (SSSR count). The molecule has 0 saturated heterocycles. The highest BCUT2D eigenvalue weighted by atomic mass is 35.5. The molecule has 0 bridgehead atoms. The molecule has 0 unspecified atom stereocenters. The Bertz CT molecular complexity index is 1250. The fourth-order valence-electron chi connectivity index (χ4n) is 2.70. The van der Waals surface area contributed by atoms with E-state index in [1.54, 1.807) is 6.92 Å². The summed E-state index contributed by atoms with van der Waals surface area (Å²) in [6.45, 7) is 1.65. The lowest BCUT2D eigenvalue weighted by Gasteiger charge is -2.14. The minimum absolute atomic E-state index is 0.0149. The third kappa shape index (κ3) is 4.40. The van der Waals surface area contributed by atoms with Gasteiger partial charge in [-0.1, -0.05) is 29.3 Å². The van der Waals surface area contributed by atoms with Crippen LogP contribution in [0.1, 0.15) is 21.6 Å². The highest BCUT2D eigenvalue weighted by molar-refractivity contribution is 7.92. The number of hydrogen-bond donors (Lipinski definition) is 1. The van der Waals surface area contributed by atoms with Crippen LogP contribution in [0, 0.1) is 12.7 Å². The van der Waals surface area contributed by atoms with Gasteiger partial charge in [0, 0.05) is 11.2 Å². The van der Waals surface area contributed by atoms with Crippen molar-refractivity contribution in [1.29, 1.82) is 0 Å². The monoisotopic (exact) mass is 468 g/mol. The van der Waals surface area contributed by atoms with Gasteiger partial charge >= 0.3 is 0 Å². The Morgan fingerprint density at radius 3 is 2.57 bits per heavy atom. The van der Waals surface area contributed by atoms with Crippen molar-refractivity contribution in [3.63, 3.8) is 0 Å². The summed E-state index contributed by atoms with van der Waals surface area (Å²) in [4.78, 5) is 16.9. The zero-order chi connectivity index (χ0) is 22.1. The summed E-state index contributed by atoms with van der Waals surface area (Å²) in [5, 5.41) is 0.484. The van der Waals surface area contributed by atoms with E-state index in [0.717, 1.165) is 12.3 Å². The maximum Gasteiger partial charge on any atom is 0.261 e. The second-order valence-electron chi connectivity index (χ2n) is 6.21. The zero-order valence-electron chi connectivity index (χ0n) is 15.7. The van der Waals surface area contributed by atoms with Gasteiger partial charge in [0.05, 0.1) is 22.7 Å². The number of hydrogen-bond acceptors (Lipinski definition) is 5. The van der Waals surface area contributed by atoms with Crippen molar-refractivity contribution in [3.05, 3.63) is 81.3 Å². The summed E-state index contributed by atoms with van der Waals surface area (Å²) in [7, 11) is -2.83. The average Bonchev–Trinajstić information content (AvgIpc) is 2.69. The van der Waals surface area contributed by atoms with Gasteiger partial charge in [-0.15, -0.1) is 0 Å². The van der Waals surface area contributed by atoms with Crippen molar-refractivity contribution in [2.75, 3.05) is 11.8 Å². The molecule has 0 amide bonds. The van der Waals surface area contributed by atoms with Crippen LogP contribution in [0.3, 0.4) is 0 Å². The van der Waals surface area contributed by atoms with Crippen molar-refractivity contribution in [3.8, 4) is 5.75 Å². The van der Waals surface area contributed by atoms with Crippen LogP contribution in [0.4, 0.5) is 10.1 Å². The minimum atomic E-state index is -4.12. The molecule has 1 aromatic heterocycles. The van der Waals surface area contributed by atoms with Gasteiger partial charge in [-0.2, -0.15) is 0 Å². The van der Waals surface area contributed by atoms with Gasteiger partial charge in [0.2, 0.25) is 5.78 Å². The Labute approximate surface area is 182 Å². The molecule has 6 nitrogen and oxygen atoms in total. The number of aryl methyl sites for hydroxylation is 1. The Kier molecular flexibility index (Phi) is 6.30. The van der Waals surface area contributed by atoms with Crippen LogP contribution >= 0.6 is 23.2 Å². The van der Waals surface area contributed by atoms with E-state index in [0.29, 0.717) is 10.6 Å². The number of methoxy groups -OCH3 is 1. The molecular formula is C20H15Cl2FN2O4S. The van der Waals surface area contributed by atoms with Crippen LogP contribution in [0.15, 0.2) is 53.6 Å². The van der Waals surface area contributed by atoms with Gasteiger partial charge in [-0.25, -0.2) is 17.8 Å². The number of rotatable bonds is 6. The van der Waals surface area contributed by atoms with Gasteiger partial charge in [-0.05, 0) is 48.9 Å². The average molecular weight is 469 g/mol. The number of carbonyl (C=O) groups is 1. The van der Waals surface area contributed by atoms with Crippen molar-refractivity contribution in [2.24, 2.45) is 0 Å². The largest absolute Gasteiger partial charge is 0.496 e. The van der Waals surface area contributed by atoms with E-state index in [1.165, 1.54) is 43.5 Å². The molecule has 0 fully saturated rings. The van der Waals surface area contributed by atoms with Crippen molar-refractivity contribution >= 4 is 44.7 Å². The van der Waals surface area contributed by atoms with E-state index in [1.807, 2.05) is 0 Å². The maximum absolute atomic E-state index is 14.4. The summed E-state index contributed by atoms with van der Waals surface area (Å²) in [6.07, 6.45) is 1.16. The summed E-state index contributed by atoms with van der Waals surface area (Å²) in [5.41, 5.74) is -0.365. The molecule has 0 aliphatic rings. The fraction of sp³-hybridized carbons (Fsp3) is 0.100. The summed E-state index contributed by atoms with van der Waals surface area (Å²) < 4.78 is 47.4. The molecule has 0 radical (unpaired) electrons. The first-order valence-electron chi connectivity index (χ1n) is 8.45. The molecule has 2 aromatic carbocycles. The van der Waals surface area contributed by atoms with Gasteiger partial charge in [-0.3, -0.25) is 9.52 Å². The highest BCUT2D eigenvalue weighted by Gasteiger charge is 2.26. The Balaban J connectivity index is 2.09. The van der Waals surface area contributed by atoms with Crippen LogP contribution < -0.4 is 9.46 Å². The smallest absolute Gasteiger partial charge is 0.261 e. The molecular weight excluding hydrogens is 454 g/mol. The number of nitrogens with zero attached hydrogens (tertiary/aromatic N) is 1. The van der Waals surface area contributed by atoms with Gasteiger partial charge in [0.25, 0.3) is 10.0 Å². The molecule has 0 spiro atoms. The zero-order valence-corrected chi connectivity index (χ0v) is 18.1. The lowest BCUT2D eigenvalue weighted by molar-refractivity contribution is 0.102. The lowest BCUT2D eigenvalue weighted by atomic mass is 10.0. The number of ether oxygens (including phenoxy) is 1. The highest BCUT2D eigenvalue weighted by Crippen LogP contribution is 2.29. The molecule has 0 aliphatic carbocycles. The molecule has 0 aliphatic heterocycles. The number of benzene rings is 2. The predicted molar refractivity (Wildman–Crippen MR) is 113 cm³/mol. The van der Waals surface area contributed by atoms with Crippen LogP contribution in [-0.4, -0.2) is 26.3 Å². The van der Waals surface area contributed by atoms with E-state index in [9.17, 15) is 17.6 Å². The van der Waals surface area contributed by atoms with E-state index in [2.05, 4.69) is 9.71 Å². The number of ketones is 1.